The lowest BCUT2D eigenvalue weighted by Crippen LogP contribution is -2.51. The highest BCUT2D eigenvalue weighted by atomic mass is 35.5. The summed E-state index contributed by atoms with van der Waals surface area (Å²) in [7, 11) is 0. The Morgan fingerprint density at radius 3 is 2.57 bits per heavy atom. The Kier molecular flexibility index (Phi) is 4.17. The Morgan fingerprint density at radius 1 is 1.00 bits per heavy atom. The molecule has 5 rings (SSSR count). The molecule has 1 fully saturated rings. The highest BCUT2D eigenvalue weighted by molar-refractivity contribution is 6.31. The van der Waals surface area contributed by atoms with Gasteiger partial charge >= 0.3 is 0 Å². The Bertz CT molecular complexity index is 1030. The van der Waals surface area contributed by atoms with Crippen molar-refractivity contribution >= 4 is 23.2 Å². The lowest BCUT2D eigenvalue weighted by atomic mass is 9.82. The van der Waals surface area contributed by atoms with Gasteiger partial charge in [0.25, 0.3) is 0 Å². The van der Waals surface area contributed by atoms with Gasteiger partial charge in [-0.2, -0.15) is 0 Å². The van der Waals surface area contributed by atoms with E-state index in [1.54, 1.807) is 0 Å². The molecule has 142 valence electrons. The largest absolute Gasteiger partial charge is 0.372 e. The van der Waals surface area contributed by atoms with E-state index in [0.29, 0.717) is 11.4 Å². The fraction of sp³-hybridized carbons (Fsp3) is 0.261. The van der Waals surface area contributed by atoms with Gasteiger partial charge in [-0.25, -0.2) is 0 Å². The molecule has 2 aliphatic rings. The maximum Gasteiger partial charge on any atom is 0.227 e. The standard InChI is InChI=1S/C23H22ClN3O/c24-18-7-2-1-6-17(18)16-22(28)26-14-11-23(12-15-26)21-10-5-13-27(21)20-9-4-3-8-19(20)25-23/h1-10,13,25H,11-12,14-16H2. The van der Waals surface area contributed by atoms with Crippen LogP contribution < -0.4 is 5.32 Å². The van der Waals surface area contributed by atoms with Gasteiger partial charge in [0.2, 0.25) is 5.91 Å². The molecule has 0 saturated carbocycles. The van der Waals surface area contributed by atoms with E-state index in [0.717, 1.165) is 37.2 Å². The third-order valence-electron chi connectivity index (χ3n) is 6.05. The Hall–Kier alpha value is -2.72. The van der Waals surface area contributed by atoms with E-state index >= 15 is 0 Å². The summed E-state index contributed by atoms with van der Waals surface area (Å²) < 4.78 is 2.28. The second-order valence-corrected chi connectivity index (χ2v) is 8.04. The van der Waals surface area contributed by atoms with Crippen LogP contribution in [0.25, 0.3) is 5.69 Å². The predicted molar refractivity (Wildman–Crippen MR) is 112 cm³/mol. The van der Waals surface area contributed by atoms with E-state index in [1.165, 1.54) is 11.4 Å². The average Bonchev–Trinajstić information content (AvgIpc) is 3.22. The summed E-state index contributed by atoms with van der Waals surface area (Å²) in [6, 6.07) is 20.3. The first-order chi connectivity index (χ1) is 13.7. The van der Waals surface area contributed by atoms with Crippen molar-refractivity contribution in [3.8, 4) is 5.69 Å². The van der Waals surface area contributed by atoms with Crippen molar-refractivity contribution < 1.29 is 4.79 Å². The number of amides is 1. The van der Waals surface area contributed by atoms with E-state index in [2.05, 4.69) is 52.5 Å². The molecule has 0 unspecified atom stereocenters. The summed E-state index contributed by atoms with van der Waals surface area (Å²) in [4.78, 5) is 14.8. The zero-order valence-electron chi connectivity index (χ0n) is 15.6. The van der Waals surface area contributed by atoms with E-state index in [4.69, 9.17) is 11.6 Å². The SMILES string of the molecule is O=C(Cc1ccccc1Cl)N1CCC2(CC1)Nc1ccccc1-n1cccc12. The molecular formula is C23H22ClN3O. The number of carbonyl (C=O) groups excluding carboxylic acids is 1. The van der Waals surface area contributed by atoms with Crippen molar-refractivity contribution in [1.29, 1.82) is 0 Å². The lowest BCUT2D eigenvalue weighted by Gasteiger charge is -2.46. The molecule has 3 heterocycles. The molecule has 0 bridgehead atoms. The number of hydrogen-bond acceptors (Lipinski definition) is 2. The molecule has 1 aromatic heterocycles. The van der Waals surface area contributed by atoms with Crippen LogP contribution in [0.4, 0.5) is 5.69 Å². The summed E-state index contributed by atoms with van der Waals surface area (Å²) >= 11 is 6.23. The van der Waals surface area contributed by atoms with Gasteiger partial charge in [-0.3, -0.25) is 4.79 Å². The summed E-state index contributed by atoms with van der Waals surface area (Å²) in [6.45, 7) is 1.48. The van der Waals surface area contributed by atoms with Crippen molar-refractivity contribution in [3.05, 3.63) is 83.1 Å². The van der Waals surface area contributed by atoms with E-state index in [1.807, 2.05) is 29.2 Å². The number of anilines is 1. The van der Waals surface area contributed by atoms with Crippen LogP contribution in [0.1, 0.15) is 24.1 Å². The zero-order chi connectivity index (χ0) is 19.1. The van der Waals surface area contributed by atoms with Crippen molar-refractivity contribution in [3.63, 3.8) is 0 Å². The van der Waals surface area contributed by atoms with Crippen LogP contribution in [-0.4, -0.2) is 28.5 Å². The number of likely N-dealkylation sites (tertiary alicyclic amines) is 1. The van der Waals surface area contributed by atoms with Gasteiger partial charge in [-0.05, 0) is 48.7 Å². The Labute approximate surface area is 169 Å². The fourth-order valence-electron chi connectivity index (χ4n) is 4.53. The zero-order valence-corrected chi connectivity index (χ0v) is 16.3. The van der Waals surface area contributed by atoms with Crippen molar-refractivity contribution in [2.45, 2.75) is 24.8 Å². The minimum atomic E-state index is -0.126. The molecule has 4 nitrogen and oxygen atoms in total. The highest BCUT2D eigenvalue weighted by Crippen LogP contribution is 2.43. The molecule has 1 saturated heterocycles. The van der Waals surface area contributed by atoms with Gasteiger partial charge in [0.05, 0.1) is 23.3 Å². The molecule has 1 spiro atoms. The van der Waals surface area contributed by atoms with Crippen molar-refractivity contribution in [2.75, 3.05) is 18.4 Å². The van der Waals surface area contributed by atoms with Gasteiger partial charge in [0, 0.05) is 30.0 Å². The van der Waals surface area contributed by atoms with Crippen LogP contribution >= 0.6 is 11.6 Å². The van der Waals surface area contributed by atoms with Crippen LogP contribution in [0.3, 0.4) is 0 Å². The number of piperidine rings is 1. The van der Waals surface area contributed by atoms with E-state index in [-0.39, 0.29) is 11.4 Å². The normalized spacial score (nSPS) is 17.0. The number of carbonyl (C=O) groups is 1. The fourth-order valence-corrected chi connectivity index (χ4v) is 4.73. The predicted octanol–water partition coefficient (Wildman–Crippen LogP) is 4.62. The third-order valence-corrected chi connectivity index (χ3v) is 6.41. The number of benzene rings is 2. The molecule has 0 radical (unpaired) electrons. The molecular weight excluding hydrogens is 370 g/mol. The summed E-state index contributed by atoms with van der Waals surface area (Å²) in [5.41, 5.74) is 4.39. The molecule has 0 atom stereocenters. The number of para-hydroxylation sites is 2. The van der Waals surface area contributed by atoms with Crippen molar-refractivity contribution in [1.82, 2.24) is 9.47 Å². The highest BCUT2D eigenvalue weighted by Gasteiger charge is 2.42. The first kappa shape index (κ1) is 17.4. The van der Waals surface area contributed by atoms with Gasteiger partial charge in [0.15, 0.2) is 0 Å². The van der Waals surface area contributed by atoms with Crippen LogP contribution in [0.15, 0.2) is 66.9 Å². The molecule has 0 aliphatic carbocycles. The Morgan fingerprint density at radius 2 is 1.75 bits per heavy atom. The van der Waals surface area contributed by atoms with E-state index in [9.17, 15) is 4.79 Å². The van der Waals surface area contributed by atoms with E-state index < -0.39 is 0 Å². The molecule has 1 amide bonds. The minimum Gasteiger partial charge on any atom is -0.372 e. The van der Waals surface area contributed by atoms with Crippen LogP contribution in [-0.2, 0) is 16.8 Å². The lowest BCUT2D eigenvalue weighted by molar-refractivity contribution is -0.132. The van der Waals surface area contributed by atoms with Gasteiger partial charge < -0.3 is 14.8 Å². The monoisotopic (exact) mass is 391 g/mol. The number of aromatic nitrogens is 1. The molecule has 2 aliphatic heterocycles. The van der Waals surface area contributed by atoms with Gasteiger partial charge in [-0.1, -0.05) is 41.9 Å². The smallest absolute Gasteiger partial charge is 0.227 e. The number of nitrogens with zero attached hydrogens (tertiary/aromatic N) is 2. The van der Waals surface area contributed by atoms with Crippen molar-refractivity contribution in [2.24, 2.45) is 0 Å². The number of halogens is 1. The van der Waals surface area contributed by atoms with Gasteiger partial charge in [-0.15, -0.1) is 0 Å². The maximum absolute atomic E-state index is 12.8. The summed E-state index contributed by atoms with van der Waals surface area (Å²) in [5, 5.41) is 4.45. The molecule has 3 aromatic rings. The Balaban J connectivity index is 1.35. The quantitative estimate of drug-likeness (QED) is 0.692. The second-order valence-electron chi connectivity index (χ2n) is 7.64. The minimum absolute atomic E-state index is 0.126. The summed E-state index contributed by atoms with van der Waals surface area (Å²) in [6.07, 6.45) is 4.27. The maximum atomic E-state index is 12.8. The average molecular weight is 392 g/mol. The number of nitrogens with one attached hydrogen (secondary N) is 1. The first-order valence-electron chi connectivity index (χ1n) is 9.73. The molecule has 2 aromatic carbocycles. The third kappa shape index (κ3) is 2.80. The molecule has 28 heavy (non-hydrogen) atoms. The molecule has 5 heteroatoms. The van der Waals surface area contributed by atoms with Crippen LogP contribution in [0.5, 0.6) is 0 Å². The second kappa shape index (κ2) is 6.71. The number of fused-ring (bicyclic) bond motifs is 4. The molecule has 1 N–H and O–H groups in total. The first-order valence-corrected chi connectivity index (χ1v) is 10.1. The van der Waals surface area contributed by atoms with Crippen LogP contribution in [0, 0.1) is 0 Å². The topological polar surface area (TPSA) is 37.3 Å². The summed E-state index contributed by atoms with van der Waals surface area (Å²) in [5.74, 6) is 0.148. The number of rotatable bonds is 2. The van der Waals surface area contributed by atoms with Gasteiger partial charge in [0.1, 0.15) is 0 Å². The number of hydrogen-bond donors (Lipinski definition) is 1. The van der Waals surface area contributed by atoms with Crippen LogP contribution in [0.2, 0.25) is 5.02 Å².